The van der Waals surface area contributed by atoms with Crippen molar-refractivity contribution in [2.75, 3.05) is 13.7 Å². The Kier molecular flexibility index (Phi) is 5.06. The van der Waals surface area contributed by atoms with E-state index in [0.717, 1.165) is 22.4 Å². The zero-order chi connectivity index (χ0) is 19.3. The maximum atomic E-state index is 12.3. The molecule has 0 bridgehead atoms. The molecule has 140 valence electrons. The van der Waals surface area contributed by atoms with Crippen LogP contribution in [0.5, 0.6) is 5.75 Å². The summed E-state index contributed by atoms with van der Waals surface area (Å²) >= 11 is 0. The van der Waals surface area contributed by atoms with Crippen molar-refractivity contribution in [2.24, 2.45) is 0 Å². The average Bonchev–Trinajstić information content (AvgIpc) is 3.13. The van der Waals surface area contributed by atoms with Gasteiger partial charge in [-0.05, 0) is 36.4 Å². The minimum atomic E-state index is -0.353. The van der Waals surface area contributed by atoms with Crippen molar-refractivity contribution in [3.8, 4) is 17.1 Å². The second kappa shape index (κ2) is 7.96. The lowest BCUT2D eigenvalue weighted by Gasteiger charge is -2.10. The molecule has 3 aromatic carbocycles. The summed E-state index contributed by atoms with van der Waals surface area (Å²) in [5, 5.41) is 0. The Labute approximate surface area is 163 Å². The fraction of sp³-hybridized carbons (Fsp3) is 0.130. The van der Waals surface area contributed by atoms with Crippen molar-refractivity contribution in [2.45, 2.75) is 6.54 Å². The molecule has 5 heteroatoms. The molecule has 0 radical (unpaired) electrons. The van der Waals surface area contributed by atoms with Gasteiger partial charge in [-0.15, -0.1) is 0 Å². The lowest BCUT2D eigenvalue weighted by atomic mass is 10.2. The van der Waals surface area contributed by atoms with Crippen molar-refractivity contribution in [3.05, 3.63) is 84.4 Å². The fourth-order valence-corrected chi connectivity index (χ4v) is 3.15. The molecule has 0 aliphatic rings. The highest BCUT2D eigenvalue weighted by atomic mass is 16.5. The highest BCUT2D eigenvalue weighted by Gasteiger charge is 2.13. The van der Waals surface area contributed by atoms with Gasteiger partial charge >= 0.3 is 5.97 Å². The minimum absolute atomic E-state index is 0.255. The summed E-state index contributed by atoms with van der Waals surface area (Å²) in [7, 11) is 1.59. The van der Waals surface area contributed by atoms with Crippen LogP contribution in [0.1, 0.15) is 10.4 Å². The van der Waals surface area contributed by atoms with Gasteiger partial charge in [0.15, 0.2) is 0 Å². The molecule has 0 saturated heterocycles. The Hall–Kier alpha value is -3.60. The Balaban J connectivity index is 1.53. The fourth-order valence-electron chi connectivity index (χ4n) is 3.15. The van der Waals surface area contributed by atoms with E-state index in [1.54, 1.807) is 31.4 Å². The molecule has 0 saturated carbocycles. The maximum absolute atomic E-state index is 12.3. The number of carbonyl (C=O) groups excluding carboxylic acids is 1. The highest BCUT2D eigenvalue weighted by Crippen LogP contribution is 2.24. The highest BCUT2D eigenvalue weighted by molar-refractivity contribution is 5.89. The first-order chi connectivity index (χ1) is 13.8. The Morgan fingerprint density at radius 2 is 1.64 bits per heavy atom. The first-order valence-electron chi connectivity index (χ1n) is 9.08. The zero-order valence-electron chi connectivity index (χ0n) is 15.5. The van der Waals surface area contributed by atoms with Gasteiger partial charge in [-0.3, -0.25) is 0 Å². The van der Waals surface area contributed by atoms with Crippen molar-refractivity contribution in [1.82, 2.24) is 9.55 Å². The summed E-state index contributed by atoms with van der Waals surface area (Å²) in [6, 6.07) is 24.9. The molecule has 0 fully saturated rings. The number of methoxy groups -OCH3 is 1. The van der Waals surface area contributed by atoms with Gasteiger partial charge < -0.3 is 14.0 Å². The molecule has 0 amide bonds. The van der Waals surface area contributed by atoms with Gasteiger partial charge in [-0.2, -0.15) is 0 Å². The largest absolute Gasteiger partial charge is 0.497 e. The number of imidazole rings is 1. The van der Waals surface area contributed by atoms with Gasteiger partial charge in [0.1, 0.15) is 18.2 Å². The molecule has 4 aromatic rings. The van der Waals surface area contributed by atoms with E-state index in [4.69, 9.17) is 14.5 Å². The summed E-state index contributed by atoms with van der Waals surface area (Å²) in [4.78, 5) is 17.1. The van der Waals surface area contributed by atoms with Crippen LogP contribution < -0.4 is 4.74 Å². The third kappa shape index (κ3) is 3.60. The van der Waals surface area contributed by atoms with Gasteiger partial charge in [-0.25, -0.2) is 9.78 Å². The molecule has 4 rings (SSSR count). The molecule has 0 aliphatic carbocycles. The summed E-state index contributed by atoms with van der Waals surface area (Å²) in [5.74, 6) is 1.21. The number of hydrogen-bond donors (Lipinski definition) is 0. The summed E-state index contributed by atoms with van der Waals surface area (Å²) in [6.45, 7) is 0.775. The molecule has 0 atom stereocenters. The zero-order valence-corrected chi connectivity index (χ0v) is 15.5. The summed E-state index contributed by atoms with van der Waals surface area (Å²) in [6.07, 6.45) is 0. The quantitative estimate of drug-likeness (QED) is 0.465. The Morgan fingerprint density at radius 1 is 0.929 bits per heavy atom. The summed E-state index contributed by atoms with van der Waals surface area (Å²) in [5.41, 5.74) is 3.46. The number of aromatic nitrogens is 2. The van der Waals surface area contributed by atoms with Crippen molar-refractivity contribution in [1.29, 1.82) is 0 Å². The van der Waals surface area contributed by atoms with Crippen LogP contribution in [0.4, 0.5) is 0 Å². The third-order valence-electron chi connectivity index (χ3n) is 4.56. The van der Waals surface area contributed by atoms with E-state index < -0.39 is 0 Å². The first kappa shape index (κ1) is 17.8. The number of hydrogen-bond acceptors (Lipinski definition) is 4. The lowest BCUT2D eigenvalue weighted by Crippen LogP contribution is -2.12. The van der Waals surface area contributed by atoms with Crippen LogP contribution in [0.25, 0.3) is 22.4 Å². The minimum Gasteiger partial charge on any atom is -0.497 e. The smallest absolute Gasteiger partial charge is 0.338 e. The maximum Gasteiger partial charge on any atom is 0.338 e. The van der Waals surface area contributed by atoms with Gasteiger partial charge in [0.2, 0.25) is 0 Å². The monoisotopic (exact) mass is 372 g/mol. The van der Waals surface area contributed by atoms with Gasteiger partial charge in [-0.1, -0.05) is 42.5 Å². The van der Waals surface area contributed by atoms with E-state index in [1.807, 2.05) is 54.6 Å². The molecule has 1 heterocycles. The van der Waals surface area contributed by atoms with Crippen LogP contribution in [0.15, 0.2) is 78.9 Å². The van der Waals surface area contributed by atoms with Crippen LogP contribution >= 0.6 is 0 Å². The van der Waals surface area contributed by atoms with E-state index in [9.17, 15) is 4.79 Å². The number of esters is 1. The molecule has 0 N–H and O–H groups in total. The molecule has 0 aliphatic heterocycles. The van der Waals surface area contributed by atoms with Gasteiger partial charge in [0.25, 0.3) is 0 Å². The number of para-hydroxylation sites is 2. The van der Waals surface area contributed by atoms with E-state index in [1.165, 1.54) is 0 Å². The van der Waals surface area contributed by atoms with E-state index in [2.05, 4.69) is 4.57 Å². The van der Waals surface area contributed by atoms with Crippen LogP contribution in [0.3, 0.4) is 0 Å². The molecule has 5 nitrogen and oxygen atoms in total. The topological polar surface area (TPSA) is 53.4 Å². The second-order valence-corrected chi connectivity index (χ2v) is 6.31. The number of nitrogens with zero attached hydrogens (tertiary/aromatic N) is 2. The van der Waals surface area contributed by atoms with Crippen LogP contribution in [0, 0.1) is 0 Å². The van der Waals surface area contributed by atoms with Gasteiger partial charge in [0, 0.05) is 5.56 Å². The van der Waals surface area contributed by atoms with E-state index in [0.29, 0.717) is 17.9 Å². The summed E-state index contributed by atoms with van der Waals surface area (Å²) < 4.78 is 12.7. The standard InChI is InChI=1S/C23H20N2O3/c1-27-19-13-11-18(12-14-19)23(26)28-16-15-25-21-10-6-5-9-20(21)24-22(25)17-7-3-2-4-8-17/h2-14H,15-16H2,1H3. The van der Waals surface area contributed by atoms with Crippen molar-refractivity contribution >= 4 is 17.0 Å². The van der Waals surface area contributed by atoms with Crippen LogP contribution in [0.2, 0.25) is 0 Å². The van der Waals surface area contributed by atoms with E-state index >= 15 is 0 Å². The molecule has 1 aromatic heterocycles. The SMILES string of the molecule is COc1ccc(C(=O)OCCn2c(-c3ccccc3)nc3ccccc32)cc1. The molecule has 0 spiro atoms. The predicted molar refractivity (Wildman–Crippen MR) is 108 cm³/mol. The van der Waals surface area contributed by atoms with Crippen LogP contribution in [-0.4, -0.2) is 29.2 Å². The number of rotatable bonds is 6. The lowest BCUT2D eigenvalue weighted by molar-refractivity contribution is 0.0493. The predicted octanol–water partition coefficient (Wildman–Crippen LogP) is 4.57. The molecular formula is C23H20N2O3. The number of carbonyl (C=O) groups is 1. The van der Waals surface area contributed by atoms with Crippen molar-refractivity contribution < 1.29 is 14.3 Å². The Morgan fingerprint density at radius 3 is 2.39 bits per heavy atom. The number of fused-ring (bicyclic) bond motifs is 1. The van der Waals surface area contributed by atoms with Crippen LogP contribution in [-0.2, 0) is 11.3 Å². The Bertz CT molecular complexity index is 1090. The molecular weight excluding hydrogens is 352 g/mol. The molecule has 28 heavy (non-hydrogen) atoms. The average molecular weight is 372 g/mol. The normalized spacial score (nSPS) is 10.8. The van der Waals surface area contributed by atoms with Crippen molar-refractivity contribution in [3.63, 3.8) is 0 Å². The first-order valence-corrected chi connectivity index (χ1v) is 9.08. The van der Waals surface area contributed by atoms with E-state index in [-0.39, 0.29) is 12.6 Å². The second-order valence-electron chi connectivity index (χ2n) is 6.31. The third-order valence-corrected chi connectivity index (χ3v) is 4.56. The molecule has 0 unspecified atom stereocenters. The number of ether oxygens (including phenoxy) is 2. The number of benzene rings is 3. The van der Waals surface area contributed by atoms with Gasteiger partial charge in [0.05, 0.1) is 30.3 Å².